The molecular formula is C12H13F3N4S2. The van der Waals surface area contributed by atoms with Crippen LogP contribution in [0, 0.1) is 6.92 Å². The molecule has 1 N–H and O–H groups in total. The number of aromatic nitrogens is 3. The molecule has 0 saturated carbocycles. The third-order valence-corrected chi connectivity index (χ3v) is 4.29. The second-order valence-corrected chi connectivity index (χ2v) is 6.32. The third-order valence-electron chi connectivity index (χ3n) is 2.32. The van der Waals surface area contributed by atoms with Crippen LogP contribution in [-0.2, 0) is 6.18 Å². The molecule has 114 valence electrons. The molecule has 0 aliphatic rings. The van der Waals surface area contributed by atoms with Crippen LogP contribution in [0.25, 0.3) is 0 Å². The number of alkyl halides is 3. The lowest BCUT2D eigenvalue weighted by molar-refractivity contribution is -0.141. The summed E-state index contributed by atoms with van der Waals surface area (Å²) in [5, 5.41) is 4.85. The Labute approximate surface area is 128 Å². The molecule has 0 atom stereocenters. The Morgan fingerprint density at radius 1 is 1.29 bits per heavy atom. The van der Waals surface area contributed by atoms with E-state index in [1.54, 1.807) is 0 Å². The number of nitrogens with one attached hydrogen (secondary N) is 1. The van der Waals surface area contributed by atoms with Gasteiger partial charge < -0.3 is 5.32 Å². The number of rotatable bonds is 5. The number of halogens is 3. The molecule has 0 fully saturated rings. The van der Waals surface area contributed by atoms with Crippen molar-refractivity contribution < 1.29 is 13.2 Å². The normalized spacial score (nSPS) is 11.7. The van der Waals surface area contributed by atoms with E-state index >= 15 is 0 Å². The second kappa shape index (κ2) is 6.61. The minimum atomic E-state index is -4.50. The highest BCUT2D eigenvalue weighted by atomic mass is 32.2. The fourth-order valence-corrected chi connectivity index (χ4v) is 3.19. The van der Waals surface area contributed by atoms with Gasteiger partial charge in [0.1, 0.15) is 5.03 Å². The summed E-state index contributed by atoms with van der Waals surface area (Å²) in [7, 11) is 0. The Hall–Kier alpha value is -1.35. The molecule has 0 bridgehead atoms. The molecule has 0 saturated heterocycles. The number of thiazole rings is 1. The van der Waals surface area contributed by atoms with E-state index in [0.29, 0.717) is 10.9 Å². The van der Waals surface area contributed by atoms with E-state index in [9.17, 15) is 13.2 Å². The van der Waals surface area contributed by atoms with Gasteiger partial charge in [0, 0.05) is 23.7 Å². The Morgan fingerprint density at radius 2 is 2.05 bits per heavy atom. The van der Waals surface area contributed by atoms with Gasteiger partial charge in [-0.05, 0) is 25.1 Å². The highest BCUT2D eigenvalue weighted by Gasteiger charge is 2.33. The summed E-state index contributed by atoms with van der Waals surface area (Å²) in [6.07, 6.45) is -3.73. The average molecular weight is 334 g/mol. The van der Waals surface area contributed by atoms with E-state index in [1.165, 1.54) is 11.3 Å². The molecule has 0 spiro atoms. The number of anilines is 1. The highest BCUT2D eigenvalue weighted by molar-refractivity contribution is 8.01. The number of nitrogens with zero attached hydrogens (tertiary/aromatic N) is 3. The lowest BCUT2D eigenvalue weighted by Gasteiger charge is -2.10. The molecule has 4 nitrogen and oxygen atoms in total. The minimum absolute atomic E-state index is 0.0116. The lowest BCUT2D eigenvalue weighted by Crippen LogP contribution is -2.13. The Morgan fingerprint density at radius 3 is 2.62 bits per heavy atom. The number of hydrogen-bond acceptors (Lipinski definition) is 6. The molecule has 2 aromatic rings. The van der Waals surface area contributed by atoms with Gasteiger partial charge in [-0.1, -0.05) is 6.92 Å². The van der Waals surface area contributed by atoms with Crippen molar-refractivity contribution in [1.82, 2.24) is 15.0 Å². The first-order chi connectivity index (χ1) is 9.88. The van der Waals surface area contributed by atoms with E-state index in [4.69, 9.17) is 0 Å². The summed E-state index contributed by atoms with van der Waals surface area (Å²) >= 11 is 2.47. The SMILES string of the molecule is CCCNc1nc(Sc2nc(C)cs2)cc(C(F)(F)F)n1. The summed E-state index contributed by atoms with van der Waals surface area (Å²) in [5.41, 5.74) is -0.121. The molecule has 9 heteroatoms. The van der Waals surface area contributed by atoms with Crippen molar-refractivity contribution in [2.24, 2.45) is 0 Å². The summed E-state index contributed by atoms with van der Waals surface area (Å²) in [6.45, 7) is 4.26. The molecule has 2 rings (SSSR count). The molecule has 0 aliphatic carbocycles. The maximum absolute atomic E-state index is 12.9. The first-order valence-electron chi connectivity index (χ1n) is 6.18. The topological polar surface area (TPSA) is 50.7 Å². The molecule has 0 unspecified atom stereocenters. The zero-order chi connectivity index (χ0) is 15.5. The predicted octanol–water partition coefficient (Wildman–Crippen LogP) is 4.23. The number of hydrogen-bond donors (Lipinski definition) is 1. The van der Waals surface area contributed by atoms with Crippen molar-refractivity contribution >= 4 is 29.0 Å². The molecular weight excluding hydrogens is 321 g/mol. The van der Waals surface area contributed by atoms with Crippen molar-refractivity contribution in [3.8, 4) is 0 Å². The quantitative estimate of drug-likeness (QED) is 0.829. The second-order valence-electron chi connectivity index (χ2n) is 4.20. The van der Waals surface area contributed by atoms with Crippen LogP contribution in [-0.4, -0.2) is 21.5 Å². The highest BCUT2D eigenvalue weighted by Crippen LogP contribution is 2.34. The molecule has 2 heterocycles. The molecule has 0 amide bonds. The van der Waals surface area contributed by atoms with E-state index in [0.717, 1.165) is 29.9 Å². The van der Waals surface area contributed by atoms with Crippen LogP contribution in [0.3, 0.4) is 0 Å². The molecule has 0 radical (unpaired) electrons. The fraction of sp³-hybridized carbons (Fsp3) is 0.417. The van der Waals surface area contributed by atoms with Gasteiger partial charge in [-0.2, -0.15) is 13.2 Å². The molecule has 0 aliphatic heterocycles. The van der Waals surface area contributed by atoms with Crippen LogP contribution < -0.4 is 5.32 Å². The summed E-state index contributed by atoms with van der Waals surface area (Å²) in [5.74, 6) is -0.0116. The van der Waals surface area contributed by atoms with Gasteiger partial charge >= 0.3 is 6.18 Å². The van der Waals surface area contributed by atoms with Crippen LogP contribution in [0.5, 0.6) is 0 Å². The van der Waals surface area contributed by atoms with Crippen molar-refractivity contribution in [3.05, 3.63) is 22.8 Å². The van der Waals surface area contributed by atoms with Crippen LogP contribution in [0.1, 0.15) is 24.7 Å². The van der Waals surface area contributed by atoms with Gasteiger partial charge in [0.2, 0.25) is 5.95 Å². The maximum atomic E-state index is 12.9. The standard InChI is InChI=1S/C12H13F3N4S2/c1-3-4-16-10-18-8(12(13,14)15)5-9(19-10)21-11-17-7(2)6-20-11/h5-6H,3-4H2,1-2H3,(H,16,18,19). The maximum Gasteiger partial charge on any atom is 0.433 e. The zero-order valence-electron chi connectivity index (χ0n) is 11.4. The van der Waals surface area contributed by atoms with Crippen LogP contribution in [0.15, 0.2) is 20.8 Å². The molecule has 0 aromatic carbocycles. The minimum Gasteiger partial charge on any atom is -0.354 e. The van der Waals surface area contributed by atoms with E-state index < -0.39 is 11.9 Å². The third kappa shape index (κ3) is 4.57. The Balaban J connectivity index is 2.30. The first kappa shape index (κ1) is 16.0. The van der Waals surface area contributed by atoms with Gasteiger partial charge in [0.15, 0.2) is 10.0 Å². The predicted molar refractivity (Wildman–Crippen MR) is 76.8 cm³/mol. The lowest BCUT2D eigenvalue weighted by atomic mass is 10.4. The Bertz CT molecular complexity index is 613. The molecule has 2 aromatic heterocycles. The average Bonchev–Trinajstić information content (AvgIpc) is 2.80. The Kier molecular flexibility index (Phi) is 5.04. The van der Waals surface area contributed by atoms with Crippen molar-refractivity contribution in [2.75, 3.05) is 11.9 Å². The van der Waals surface area contributed by atoms with Gasteiger partial charge in [0.05, 0.1) is 0 Å². The first-order valence-corrected chi connectivity index (χ1v) is 7.88. The van der Waals surface area contributed by atoms with Crippen LogP contribution >= 0.6 is 23.1 Å². The van der Waals surface area contributed by atoms with E-state index in [2.05, 4.69) is 20.3 Å². The van der Waals surface area contributed by atoms with Crippen LogP contribution in [0.4, 0.5) is 19.1 Å². The van der Waals surface area contributed by atoms with Gasteiger partial charge in [-0.25, -0.2) is 15.0 Å². The largest absolute Gasteiger partial charge is 0.433 e. The number of aryl methyl sites for hydroxylation is 1. The van der Waals surface area contributed by atoms with Crippen molar-refractivity contribution in [3.63, 3.8) is 0 Å². The summed E-state index contributed by atoms with van der Waals surface area (Å²) in [6, 6.07) is 0.943. The van der Waals surface area contributed by atoms with Gasteiger partial charge in [0.25, 0.3) is 0 Å². The van der Waals surface area contributed by atoms with Gasteiger partial charge in [-0.15, -0.1) is 11.3 Å². The van der Waals surface area contributed by atoms with Gasteiger partial charge in [-0.3, -0.25) is 0 Å². The summed E-state index contributed by atoms with van der Waals surface area (Å²) in [4.78, 5) is 11.8. The van der Waals surface area contributed by atoms with E-state index in [1.807, 2.05) is 19.2 Å². The monoisotopic (exact) mass is 334 g/mol. The van der Waals surface area contributed by atoms with Crippen molar-refractivity contribution in [2.45, 2.75) is 35.8 Å². The van der Waals surface area contributed by atoms with Crippen molar-refractivity contribution in [1.29, 1.82) is 0 Å². The smallest absolute Gasteiger partial charge is 0.354 e. The zero-order valence-corrected chi connectivity index (χ0v) is 13.0. The van der Waals surface area contributed by atoms with E-state index in [-0.39, 0.29) is 11.0 Å². The summed E-state index contributed by atoms with van der Waals surface area (Å²) < 4.78 is 39.3. The van der Waals surface area contributed by atoms with Crippen LogP contribution in [0.2, 0.25) is 0 Å². The molecule has 21 heavy (non-hydrogen) atoms. The fourth-order valence-electron chi connectivity index (χ4n) is 1.41.